The highest BCUT2D eigenvalue weighted by Crippen LogP contribution is 2.52. The van der Waals surface area contributed by atoms with Crippen molar-refractivity contribution in [3.63, 3.8) is 0 Å². The minimum absolute atomic E-state index is 0.00163. The van der Waals surface area contributed by atoms with E-state index in [1.54, 1.807) is 20.3 Å². The summed E-state index contributed by atoms with van der Waals surface area (Å²) in [5, 5.41) is 10.4. The van der Waals surface area contributed by atoms with Crippen LogP contribution in [0.3, 0.4) is 0 Å². The predicted octanol–water partition coefficient (Wildman–Crippen LogP) is 6.16. The molecule has 6 rings (SSSR count). The van der Waals surface area contributed by atoms with Crippen LogP contribution in [0.5, 0.6) is 34.5 Å². The molecule has 8 heteroatoms. The summed E-state index contributed by atoms with van der Waals surface area (Å²) in [5.41, 5.74) is 3.35. The van der Waals surface area contributed by atoms with Crippen LogP contribution in [0.25, 0.3) is 11.0 Å². The number of hydrogen-bond acceptors (Lipinski definition) is 8. The van der Waals surface area contributed by atoms with E-state index in [4.69, 9.17) is 28.1 Å². The highest BCUT2D eigenvalue weighted by Gasteiger charge is 2.40. The van der Waals surface area contributed by atoms with Crippen LogP contribution in [0.15, 0.2) is 81.5 Å². The monoisotopic (exact) mass is 530 g/mol. The molecule has 4 aromatic rings. The number of phenols is 1. The summed E-state index contributed by atoms with van der Waals surface area (Å²) in [6, 6.07) is 17.8. The van der Waals surface area contributed by atoms with E-state index in [9.17, 15) is 9.90 Å². The largest absolute Gasteiger partial charge is 0.504 e. The van der Waals surface area contributed by atoms with E-state index in [0.29, 0.717) is 29.9 Å². The molecular formula is C31H30O8. The van der Waals surface area contributed by atoms with Gasteiger partial charge in [-0.1, -0.05) is 11.6 Å². The Hall–Kier alpha value is -4.59. The van der Waals surface area contributed by atoms with Gasteiger partial charge in [0.1, 0.15) is 41.3 Å². The highest BCUT2D eigenvalue weighted by molar-refractivity contribution is 5.80. The second-order valence-corrected chi connectivity index (χ2v) is 9.47. The first kappa shape index (κ1) is 26.0. The molecule has 3 aromatic carbocycles. The summed E-state index contributed by atoms with van der Waals surface area (Å²) in [7, 11) is 3.32. The number of allylic oxidation sites excluding steroid dienone is 1. The smallest absolute Gasteiger partial charge is 0.336 e. The summed E-state index contributed by atoms with van der Waals surface area (Å²) in [5.74, 6) is 3.89. The van der Waals surface area contributed by atoms with Gasteiger partial charge in [0, 0.05) is 40.8 Å². The van der Waals surface area contributed by atoms with Gasteiger partial charge in [0.2, 0.25) is 0 Å². The number of benzene rings is 3. The summed E-state index contributed by atoms with van der Waals surface area (Å²) in [4.78, 5) is 11.1. The molecule has 2 aliphatic heterocycles. The Balaban J connectivity index is 0.000000160. The maximum atomic E-state index is 11.1. The molecule has 2 unspecified atom stereocenters. The molecule has 2 atom stereocenters. The van der Waals surface area contributed by atoms with Crippen molar-refractivity contribution in [2.75, 3.05) is 27.4 Å². The quantitative estimate of drug-likeness (QED) is 0.242. The molecular weight excluding hydrogens is 500 g/mol. The van der Waals surface area contributed by atoms with Gasteiger partial charge < -0.3 is 33.2 Å². The van der Waals surface area contributed by atoms with Crippen molar-refractivity contribution in [2.24, 2.45) is 0 Å². The predicted molar refractivity (Wildman–Crippen MR) is 147 cm³/mol. The van der Waals surface area contributed by atoms with Gasteiger partial charge in [0.25, 0.3) is 0 Å². The molecule has 3 heterocycles. The van der Waals surface area contributed by atoms with Gasteiger partial charge in [-0.2, -0.15) is 0 Å². The Morgan fingerprint density at radius 3 is 2.38 bits per heavy atom. The molecule has 1 aromatic heterocycles. The van der Waals surface area contributed by atoms with E-state index < -0.39 is 5.63 Å². The first-order chi connectivity index (χ1) is 18.9. The van der Waals surface area contributed by atoms with Crippen molar-refractivity contribution in [1.29, 1.82) is 0 Å². The first-order valence-electron chi connectivity index (χ1n) is 12.5. The zero-order chi connectivity index (χ0) is 27.5. The van der Waals surface area contributed by atoms with Crippen molar-refractivity contribution < 1.29 is 33.2 Å². The molecule has 0 fully saturated rings. The molecule has 0 aliphatic carbocycles. The van der Waals surface area contributed by atoms with Crippen molar-refractivity contribution in [2.45, 2.75) is 25.9 Å². The van der Waals surface area contributed by atoms with Crippen molar-refractivity contribution in [3.8, 4) is 34.5 Å². The van der Waals surface area contributed by atoms with Crippen LogP contribution in [-0.2, 0) is 0 Å². The normalized spacial score (nSPS) is 16.3. The minimum Gasteiger partial charge on any atom is -0.504 e. The number of ether oxygens (including phenoxy) is 5. The van der Waals surface area contributed by atoms with Crippen LogP contribution in [0.1, 0.15) is 37.0 Å². The Morgan fingerprint density at radius 1 is 0.949 bits per heavy atom. The Kier molecular flexibility index (Phi) is 7.36. The van der Waals surface area contributed by atoms with E-state index in [2.05, 4.69) is 6.07 Å². The van der Waals surface area contributed by atoms with Crippen LogP contribution in [0, 0.1) is 0 Å². The summed E-state index contributed by atoms with van der Waals surface area (Å²) < 4.78 is 33.0. The Labute approximate surface area is 226 Å². The van der Waals surface area contributed by atoms with E-state index in [-0.39, 0.29) is 17.8 Å². The number of hydrogen-bond donors (Lipinski definition) is 1. The van der Waals surface area contributed by atoms with Crippen LogP contribution in [-0.4, -0.2) is 32.5 Å². The average molecular weight is 531 g/mol. The van der Waals surface area contributed by atoms with E-state index in [1.165, 1.54) is 23.8 Å². The van der Waals surface area contributed by atoms with Gasteiger partial charge in [0.05, 0.1) is 26.7 Å². The number of fused-ring (bicyclic) bond motifs is 6. The molecule has 0 spiro atoms. The first-order valence-corrected chi connectivity index (χ1v) is 12.5. The fourth-order valence-electron chi connectivity index (χ4n) is 4.57. The van der Waals surface area contributed by atoms with E-state index >= 15 is 0 Å². The van der Waals surface area contributed by atoms with Crippen LogP contribution in [0.2, 0.25) is 0 Å². The lowest BCUT2D eigenvalue weighted by molar-refractivity contribution is 0.139. The molecule has 2 aliphatic rings. The van der Waals surface area contributed by atoms with Gasteiger partial charge in [-0.3, -0.25) is 0 Å². The molecule has 0 saturated heterocycles. The molecule has 8 nitrogen and oxygen atoms in total. The second-order valence-electron chi connectivity index (χ2n) is 9.47. The lowest BCUT2D eigenvalue weighted by Gasteiger charge is -2.28. The maximum Gasteiger partial charge on any atom is 0.336 e. The minimum atomic E-state index is -0.427. The fraction of sp³-hybridized carbons (Fsp3) is 0.258. The average Bonchev–Trinajstić information content (AvgIpc) is 3.31. The summed E-state index contributed by atoms with van der Waals surface area (Å²) in [6.45, 7) is 4.90. The van der Waals surface area contributed by atoms with Gasteiger partial charge in [-0.05, 0) is 50.3 Å². The standard InChI is InChI=1S/C17H16O4.C14H14O4/c1-18-10-4-6-13-15(7-10)20-9-14-12-5-3-11(19-2)8-16(12)21-17(13)14;1-9(2)5-6-17-13-8-12-10(7-11(13)15)3-4-14(16)18-12/h3-8,14,17H,9H2,1-2H3;3-5,7-8,15H,6H2,1-2H3. The number of methoxy groups -OCH3 is 2. The van der Waals surface area contributed by atoms with Crippen molar-refractivity contribution in [1.82, 2.24) is 0 Å². The summed E-state index contributed by atoms with van der Waals surface area (Å²) in [6.07, 6.45) is 1.90. The Bertz CT molecular complexity index is 1580. The third-order valence-corrected chi connectivity index (χ3v) is 6.62. The van der Waals surface area contributed by atoms with Crippen LogP contribution in [0.4, 0.5) is 0 Å². The molecule has 1 N–H and O–H groups in total. The SMILES string of the molecule is CC(C)=CCOc1cc2oc(=O)ccc2cc1O.COc1ccc2c(c1)OC1c3ccc(OC)cc3OCC21. The third-order valence-electron chi connectivity index (χ3n) is 6.62. The van der Waals surface area contributed by atoms with Gasteiger partial charge in [0.15, 0.2) is 11.5 Å². The van der Waals surface area contributed by atoms with Crippen molar-refractivity contribution >= 4 is 11.0 Å². The lowest BCUT2D eigenvalue weighted by Crippen LogP contribution is -2.23. The van der Waals surface area contributed by atoms with E-state index in [1.807, 2.05) is 50.3 Å². The lowest BCUT2D eigenvalue weighted by atomic mass is 9.89. The molecule has 39 heavy (non-hydrogen) atoms. The Morgan fingerprint density at radius 2 is 1.67 bits per heavy atom. The van der Waals surface area contributed by atoms with Crippen LogP contribution >= 0.6 is 0 Å². The summed E-state index contributed by atoms with van der Waals surface area (Å²) >= 11 is 0. The maximum absolute atomic E-state index is 11.1. The van der Waals surface area contributed by atoms with E-state index in [0.717, 1.165) is 34.1 Å². The third kappa shape index (κ3) is 5.50. The van der Waals surface area contributed by atoms with Gasteiger partial charge >= 0.3 is 5.63 Å². The fourth-order valence-corrected chi connectivity index (χ4v) is 4.57. The van der Waals surface area contributed by atoms with Crippen molar-refractivity contribution in [3.05, 3.63) is 93.9 Å². The molecule has 0 radical (unpaired) electrons. The zero-order valence-corrected chi connectivity index (χ0v) is 22.2. The number of phenolic OH excluding ortho intramolecular Hbond substituents is 1. The molecule has 0 bridgehead atoms. The van der Waals surface area contributed by atoms with Gasteiger partial charge in [-0.15, -0.1) is 0 Å². The second kappa shape index (κ2) is 11.0. The number of rotatable bonds is 5. The highest BCUT2D eigenvalue weighted by atomic mass is 16.5. The molecule has 0 saturated carbocycles. The zero-order valence-electron chi connectivity index (χ0n) is 22.2. The molecule has 0 amide bonds. The number of aromatic hydroxyl groups is 1. The topological polar surface area (TPSA) is 96.6 Å². The van der Waals surface area contributed by atoms with Gasteiger partial charge in [-0.25, -0.2) is 4.79 Å². The molecule has 202 valence electrons. The van der Waals surface area contributed by atoms with Crippen LogP contribution < -0.4 is 29.3 Å².